The molecule has 0 radical (unpaired) electrons. The number of carbonyl (C=O) groups is 2. The van der Waals surface area contributed by atoms with E-state index in [-0.39, 0.29) is 73.3 Å². The molecule has 0 atom stereocenters. The predicted octanol–water partition coefficient (Wildman–Crippen LogP) is 3.21. The van der Waals surface area contributed by atoms with Crippen LogP contribution in [0.25, 0.3) is 11.4 Å². The summed E-state index contributed by atoms with van der Waals surface area (Å²) in [6, 6.07) is 4.61. The van der Waals surface area contributed by atoms with Crippen molar-refractivity contribution in [3.05, 3.63) is 80.5 Å². The van der Waals surface area contributed by atoms with Crippen LogP contribution < -0.4 is 10.9 Å². The van der Waals surface area contributed by atoms with Gasteiger partial charge in [-0.15, -0.1) is 5.10 Å². The predicted molar refractivity (Wildman–Crippen MR) is 166 cm³/mol. The third kappa shape index (κ3) is 6.02. The van der Waals surface area contributed by atoms with Crippen LogP contribution in [-0.2, 0) is 39.0 Å². The molecular weight excluding hydrogens is 673 g/mol. The highest BCUT2D eigenvalue weighted by molar-refractivity contribution is 6.32. The van der Waals surface area contributed by atoms with E-state index in [1.54, 1.807) is 4.57 Å². The molecule has 256 valence electrons. The van der Waals surface area contributed by atoms with E-state index in [0.29, 0.717) is 31.4 Å². The zero-order valence-electron chi connectivity index (χ0n) is 25.7. The second-order valence-electron chi connectivity index (χ2n) is 11.8. The number of hydrogen-bond donors (Lipinski definition) is 2. The van der Waals surface area contributed by atoms with E-state index in [0.717, 1.165) is 16.2 Å². The summed E-state index contributed by atoms with van der Waals surface area (Å²) in [6.45, 7) is 0.941. The van der Waals surface area contributed by atoms with E-state index in [9.17, 15) is 32.7 Å². The zero-order valence-corrected chi connectivity index (χ0v) is 26.4. The summed E-state index contributed by atoms with van der Waals surface area (Å²) in [5, 5.41) is 16.7. The fourth-order valence-corrected chi connectivity index (χ4v) is 6.66. The monoisotopic (exact) mass is 700 g/mol. The van der Waals surface area contributed by atoms with Gasteiger partial charge in [0.05, 0.1) is 31.1 Å². The maximum atomic E-state index is 14.3. The van der Waals surface area contributed by atoms with Crippen LogP contribution in [0.5, 0.6) is 5.75 Å². The topological polar surface area (TPSA) is 166 Å². The van der Waals surface area contributed by atoms with Gasteiger partial charge in [0.25, 0.3) is 11.5 Å². The molecule has 1 spiro atoms. The van der Waals surface area contributed by atoms with Gasteiger partial charge in [-0.2, -0.15) is 22.7 Å². The third-order valence-corrected chi connectivity index (χ3v) is 9.13. The fraction of sp³-hybridized carbons (Fsp3) is 0.387. The zero-order chi connectivity index (χ0) is 34.5. The van der Waals surface area contributed by atoms with Crippen molar-refractivity contribution < 1.29 is 37.3 Å². The Bertz CT molecular complexity index is 2070. The second-order valence-corrected chi connectivity index (χ2v) is 12.1. The lowest BCUT2D eigenvalue weighted by molar-refractivity contribution is -0.141. The molecule has 1 saturated heterocycles. The van der Waals surface area contributed by atoms with E-state index in [1.165, 1.54) is 23.2 Å². The summed E-state index contributed by atoms with van der Waals surface area (Å²) < 4.78 is 53.8. The highest BCUT2D eigenvalue weighted by Gasteiger charge is 2.46. The van der Waals surface area contributed by atoms with E-state index < -0.39 is 46.5 Å². The van der Waals surface area contributed by atoms with Gasteiger partial charge in [-0.3, -0.25) is 14.4 Å². The van der Waals surface area contributed by atoms with E-state index in [1.807, 2.05) is 6.08 Å². The van der Waals surface area contributed by atoms with Crippen LogP contribution in [0.4, 0.5) is 18.9 Å². The summed E-state index contributed by atoms with van der Waals surface area (Å²) in [4.78, 5) is 54.5. The Morgan fingerprint density at radius 1 is 1.10 bits per heavy atom. The first kappa shape index (κ1) is 32.7. The highest BCUT2D eigenvalue weighted by atomic mass is 35.5. The van der Waals surface area contributed by atoms with Gasteiger partial charge in [0.15, 0.2) is 16.7 Å². The Balaban J connectivity index is 1.26. The summed E-state index contributed by atoms with van der Waals surface area (Å²) in [5.41, 5.74) is -1.51. The lowest BCUT2D eigenvalue weighted by Crippen LogP contribution is -2.52. The number of likely N-dealkylation sites (tertiary alicyclic amines) is 1. The summed E-state index contributed by atoms with van der Waals surface area (Å²) in [7, 11) is 0. The summed E-state index contributed by atoms with van der Waals surface area (Å²) >= 11 is 6.00. The molecule has 49 heavy (non-hydrogen) atoms. The molecule has 3 aliphatic heterocycles. The quantitative estimate of drug-likeness (QED) is 0.295. The molecule has 7 heterocycles. The SMILES string of the molecule is O=C(Cn1c2c(c(=O)n3nc(C4=CCOCC4)nc13)C1(CCN(C(=O)c3ncccc3O)CC1)OCC2)Nc1ccc(C(F)(F)F)nc1Cl. The maximum absolute atomic E-state index is 14.3. The van der Waals surface area contributed by atoms with Crippen LogP contribution in [0, 0.1) is 0 Å². The van der Waals surface area contributed by atoms with Crippen molar-refractivity contribution in [2.75, 3.05) is 38.2 Å². The fourth-order valence-electron chi connectivity index (χ4n) is 6.46. The van der Waals surface area contributed by atoms with Crippen LogP contribution >= 0.6 is 11.6 Å². The van der Waals surface area contributed by atoms with Gasteiger partial charge in [-0.25, -0.2) is 9.97 Å². The summed E-state index contributed by atoms with van der Waals surface area (Å²) in [6.07, 6.45) is -0.301. The first-order valence-electron chi connectivity index (χ1n) is 15.4. The van der Waals surface area contributed by atoms with Gasteiger partial charge in [0.2, 0.25) is 11.7 Å². The lowest BCUT2D eigenvalue weighted by atomic mass is 9.81. The van der Waals surface area contributed by atoms with Gasteiger partial charge in [0.1, 0.15) is 23.6 Å². The largest absolute Gasteiger partial charge is 0.505 e. The van der Waals surface area contributed by atoms with Crippen LogP contribution in [0.15, 0.2) is 41.3 Å². The second kappa shape index (κ2) is 12.5. The number of halogens is 4. The van der Waals surface area contributed by atoms with E-state index in [2.05, 4.69) is 25.4 Å². The molecule has 7 rings (SSSR count). The number of anilines is 1. The Morgan fingerprint density at radius 3 is 2.59 bits per heavy atom. The van der Waals surface area contributed by atoms with Crippen molar-refractivity contribution in [1.29, 1.82) is 0 Å². The Hall–Kier alpha value is -4.87. The number of carbonyl (C=O) groups excluding carboxylic acids is 2. The average Bonchev–Trinajstić information content (AvgIpc) is 3.54. The molecule has 0 bridgehead atoms. The van der Waals surface area contributed by atoms with Crippen molar-refractivity contribution >= 4 is 40.5 Å². The first-order chi connectivity index (χ1) is 23.4. The number of alkyl halides is 3. The molecule has 1 fully saturated rings. The van der Waals surface area contributed by atoms with Gasteiger partial charge in [-0.1, -0.05) is 17.7 Å². The first-order valence-corrected chi connectivity index (χ1v) is 15.7. The number of nitrogens with one attached hydrogen (secondary N) is 1. The molecule has 3 aliphatic rings. The Morgan fingerprint density at radius 2 is 1.90 bits per heavy atom. The number of fused-ring (bicyclic) bond motifs is 3. The van der Waals surface area contributed by atoms with Crippen molar-refractivity contribution in [3.8, 4) is 5.75 Å². The Kier molecular flexibility index (Phi) is 8.36. The number of pyridine rings is 2. The number of nitrogens with zero attached hydrogens (tertiary/aromatic N) is 7. The number of piperidine rings is 1. The molecule has 2 N–H and O–H groups in total. The molecule has 2 amide bonds. The number of hydrogen-bond acceptors (Lipinski definition) is 10. The number of aromatic hydroxyl groups is 1. The molecule has 4 aromatic heterocycles. The number of ether oxygens (including phenoxy) is 2. The number of amides is 2. The molecular formula is C31H28ClF3N8O6. The molecule has 4 aromatic rings. The van der Waals surface area contributed by atoms with Gasteiger partial charge in [0, 0.05) is 31.4 Å². The molecule has 0 aromatic carbocycles. The van der Waals surface area contributed by atoms with Crippen molar-refractivity contribution in [2.45, 2.75) is 44.0 Å². The van der Waals surface area contributed by atoms with Crippen molar-refractivity contribution in [3.63, 3.8) is 0 Å². The number of aromatic nitrogens is 6. The number of rotatable bonds is 5. The highest BCUT2D eigenvalue weighted by Crippen LogP contribution is 2.41. The third-order valence-electron chi connectivity index (χ3n) is 8.84. The lowest BCUT2D eigenvalue weighted by Gasteiger charge is -2.44. The standard InChI is InChI=1S/C31H28ClF3N8O6/c32-25-18(3-4-21(38-25)31(33,34)35)37-22(45)16-42-19-7-15-49-30(8-11-41(12-9-30)28(47)24-20(44)2-1-10-36-24)23(19)27(46)43-29(42)39-26(40-43)17-5-13-48-14-6-17/h1-5,10,44H,6-9,11-16H2,(H,37,45). The van der Waals surface area contributed by atoms with Gasteiger partial charge < -0.3 is 29.4 Å². The minimum Gasteiger partial charge on any atom is -0.505 e. The van der Waals surface area contributed by atoms with Crippen molar-refractivity contribution in [1.82, 2.24) is 34.0 Å². The average molecular weight is 701 g/mol. The summed E-state index contributed by atoms with van der Waals surface area (Å²) in [5.74, 6) is -0.992. The molecule has 18 heteroatoms. The van der Waals surface area contributed by atoms with Crippen molar-refractivity contribution in [2.24, 2.45) is 0 Å². The van der Waals surface area contributed by atoms with E-state index >= 15 is 0 Å². The minimum absolute atomic E-state index is 0.0839. The van der Waals surface area contributed by atoms with Crippen LogP contribution in [0.2, 0.25) is 5.15 Å². The van der Waals surface area contributed by atoms with Gasteiger partial charge in [-0.05, 0) is 49.1 Å². The van der Waals surface area contributed by atoms with Crippen LogP contribution in [0.1, 0.15) is 52.5 Å². The smallest absolute Gasteiger partial charge is 0.433 e. The normalized spacial score (nSPS) is 17.6. The maximum Gasteiger partial charge on any atom is 0.433 e. The van der Waals surface area contributed by atoms with Crippen LogP contribution in [-0.4, -0.2) is 83.9 Å². The minimum atomic E-state index is -4.72. The van der Waals surface area contributed by atoms with Crippen LogP contribution in [0.3, 0.4) is 0 Å². The molecule has 0 unspecified atom stereocenters. The molecule has 0 saturated carbocycles. The van der Waals surface area contributed by atoms with E-state index in [4.69, 9.17) is 21.1 Å². The Labute approximate surface area is 280 Å². The molecule has 14 nitrogen and oxygen atoms in total. The van der Waals surface area contributed by atoms with Gasteiger partial charge >= 0.3 is 6.18 Å². The molecule has 0 aliphatic carbocycles.